The fourth-order valence-corrected chi connectivity index (χ4v) is 1.46. The van der Waals surface area contributed by atoms with Crippen molar-refractivity contribution in [2.75, 3.05) is 13.7 Å². The van der Waals surface area contributed by atoms with Crippen molar-refractivity contribution in [3.05, 3.63) is 23.8 Å². The van der Waals surface area contributed by atoms with Gasteiger partial charge in [0.1, 0.15) is 11.5 Å². The molecule has 0 spiro atoms. The van der Waals surface area contributed by atoms with E-state index >= 15 is 0 Å². The second kappa shape index (κ2) is 6.22. The maximum Gasteiger partial charge on any atom is 0.258 e. The molecule has 5 heteroatoms. The van der Waals surface area contributed by atoms with Crippen LogP contribution >= 0.6 is 0 Å². The Morgan fingerprint density at radius 3 is 2.58 bits per heavy atom. The maximum absolute atomic E-state index is 11.6. The van der Waals surface area contributed by atoms with E-state index in [0.29, 0.717) is 23.3 Å². The quantitative estimate of drug-likeness (QED) is 0.824. The highest BCUT2D eigenvalue weighted by molar-refractivity contribution is 5.81. The van der Waals surface area contributed by atoms with E-state index in [4.69, 9.17) is 9.47 Å². The van der Waals surface area contributed by atoms with Crippen molar-refractivity contribution < 1.29 is 19.1 Å². The number of carbonyl (C=O) groups excluding carboxylic acids is 2. The van der Waals surface area contributed by atoms with E-state index in [2.05, 4.69) is 5.32 Å². The monoisotopic (exact) mass is 265 g/mol. The van der Waals surface area contributed by atoms with Gasteiger partial charge in [0, 0.05) is 11.6 Å². The lowest BCUT2D eigenvalue weighted by atomic mass is 10.1. The van der Waals surface area contributed by atoms with Crippen LogP contribution in [0.15, 0.2) is 18.2 Å². The molecule has 5 nitrogen and oxygen atoms in total. The Morgan fingerprint density at radius 1 is 1.37 bits per heavy atom. The number of ether oxygens (including phenoxy) is 2. The summed E-state index contributed by atoms with van der Waals surface area (Å²) in [5.41, 5.74) is 0.0619. The Labute approximate surface area is 112 Å². The van der Waals surface area contributed by atoms with Gasteiger partial charge in [0.15, 0.2) is 12.9 Å². The summed E-state index contributed by atoms with van der Waals surface area (Å²) < 4.78 is 10.4. The number of methoxy groups -OCH3 is 1. The molecule has 0 aliphatic rings. The predicted octanol–water partition coefficient (Wildman–Crippen LogP) is 1.80. The van der Waals surface area contributed by atoms with Gasteiger partial charge in [-0.1, -0.05) is 0 Å². The maximum atomic E-state index is 11.6. The number of rotatable bonds is 5. The van der Waals surface area contributed by atoms with Crippen LogP contribution in [-0.4, -0.2) is 31.4 Å². The van der Waals surface area contributed by atoms with Crippen LogP contribution in [0, 0.1) is 0 Å². The van der Waals surface area contributed by atoms with Gasteiger partial charge in [-0.3, -0.25) is 9.59 Å². The molecular formula is C14H19NO4. The molecule has 0 heterocycles. The summed E-state index contributed by atoms with van der Waals surface area (Å²) in [6, 6.07) is 4.82. The van der Waals surface area contributed by atoms with Gasteiger partial charge in [-0.05, 0) is 32.9 Å². The van der Waals surface area contributed by atoms with Gasteiger partial charge in [-0.25, -0.2) is 0 Å². The fraction of sp³-hybridized carbons (Fsp3) is 0.429. The SMILES string of the molecule is COc1ccc(C=O)c(OCC(=O)NC(C)(C)C)c1. The van der Waals surface area contributed by atoms with E-state index in [1.165, 1.54) is 7.11 Å². The minimum atomic E-state index is -0.317. The van der Waals surface area contributed by atoms with E-state index in [9.17, 15) is 9.59 Å². The van der Waals surface area contributed by atoms with Gasteiger partial charge < -0.3 is 14.8 Å². The minimum absolute atomic E-state index is 0.148. The van der Waals surface area contributed by atoms with Crippen molar-refractivity contribution >= 4 is 12.2 Å². The lowest BCUT2D eigenvalue weighted by Crippen LogP contribution is -2.43. The lowest BCUT2D eigenvalue weighted by Gasteiger charge is -2.20. The molecule has 19 heavy (non-hydrogen) atoms. The van der Waals surface area contributed by atoms with Gasteiger partial charge in [-0.2, -0.15) is 0 Å². The zero-order chi connectivity index (χ0) is 14.5. The zero-order valence-electron chi connectivity index (χ0n) is 11.6. The molecule has 0 saturated carbocycles. The third-order valence-electron chi connectivity index (χ3n) is 2.22. The Morgan fingerprint density at radius 2 is 2.05 bits per heavy atom. The van der Waals surface area contributed by atoms with Crippen LogP contribution in [0.3, 0.4) is 0 Å². The third kappa shape index (κ3) is 4.99. The zero-order valence-corrected chi connectivity index (χ0v) is 11.6. The van der Waals surface area contributed by atoms with Crippen LogP contribution < -0.4 is 14.8 Å². The Hall–Kier alpha value is -2.04. The molecular weight excluding hydrogens is 246 g/mol. The van der Waals surface area contributed by atoms with Crippen LogP contribution in [0.25, 0.3) is 0 Å². The van der Waals surface area contributed by atoms with E-state index < -0.39 is 0 Å². The molecule has 0 radical (unpaired) electrons. The van der Waals surface area contributed by atoms with Crippen molar-refractivity contribution in [3.8, 4) is 11.5 Å². The summed E-state index contributed by atoms with van der Waals surface area (Å²) in [4.78, 5) is 22.5. The van der Waals surface area contributed by atoms with Crippen LogP contribution in [0.4, 0.5) is 0 Å². The first kappa shape index (κ1) is 15.0. The highest BCUT2D eigenvalue weighted by Crippen LogP contribution is 2.23. The van der Waals surface area contributed by atoms with Gasteiger partial charge >= 0.3 is 0 Å². The van der Waals surface area contributed by atoms with Gasteiger partial charge in [0.2, 0.25) is 0 Å². The van der Waals surface area contributed by atoms with Crippen molar-refractivity contribution in [1.29, 1.82) is 0 Å². The predicted molar refractivity (Wildman–Crippen MR) is 71.8 cm³/mol. The van der Waals surface area contributed by atoms with Crippen molar-refractivity contribution in [2.45, 2.75) is 26.3 Å². The Bertz CT molecular complexity index is 463. The molecule has 0 aliphatic carbocycles. The molecule has 104 valence electrons. The topological polar surface area (TPSA) is 64.6 Å². The first-order valence-electron chi connectivity index (χ1n) is 5.93. The van der Waals surface area contributed by atoms with Gasteiger partial charge in [0.25, 0.3) is 5.91 Å². The number of hydrogen-bond acceptors (Lipinski definition) is 4. The molecule has 1 aromatic rings. The number of carbonyl (C=O) groups is 2. The number of benzene rings is 1. The summed E-state index contributed by atoms with van der Waals surface area (Å²) in [5.74, 6) is 0.655. The van der Waals surface area contributed by atoms with Gasteiger partial charge in [-0.15, -0.1) is 0 Å². The number of amides is 1. The van der Waals surface area contributed by atoms with E-state index in [-0.39, 0.29) is 18.1 Å². The second-order valence-corrected chi connectivity index (χ2v) is 5.11. The minimum Gasteiger partial charge on any atom is -0.497 e. The second-order valence-electron chi connectivity index (χ2n) is 5.11. The molecule has 0 fully saturated rings. The van der Waals surface area contributed by atoms with Crippen LogP contribution in [0.1, 0.15) is 31.1 Å². The highest BCUT2D eigenvalue weighted by Gasteiger charge is 2.14. The highest BCUT2D eigenvalue weighted by atomic mass is 16.5. The summed E-state index contributed by atoms with van der Waals surface area (Å²) in [6.45, 7) is 5.50. The average molecular weight is 265 g/mol. The summed E-state index contributed by atoms with van der Waals surface area (Å²) in [5, 5.41) is 2.77. The molecule has 0 unspecified atom stereocenters. The average Bonchev–Trinajstić information content (AvgIpc) is 2.33. The lowest BCUT2D eigenvalue weighted by molar-refractivity contribution is -0.124. The third-order valence-corrected chi connectivity index (χ3v) is 2.22. The fourth-order valence-electron chi connectivity index (χ4n) is 1.46. The van der Waals surface area contributed by atoms with Crippen LogP contribution in [0.2, 0.25) is 0 Å². The van der Waals surface area contributed by atoms with Crippen molar-refractivity contribution in [3.63, 3.8) is 0 Å². The first-order valence-corrected chi connectivity index (χ1v) is 5.93. The Balaban J connectivity index is 2.71. The first-order chi connectivity index (χ1) is 8.85. The smallest absolute Gasteiger partial charge is 0.258 e. The molecule has 1 N–H and O–H groups in total. The molecule has 0 atom stereocenters. The van der Waals surface area contributed by atoms with Crippen molar-refractivity contribution in [2.24, 2.45) is 0 Å². The molecule has 0 aromatic heterocycles. The standard InChI is InChI=1S/C14H19NO4/c1-14(2,3)15-13(17)9-19-12-7-11(18-4)6-5-10(12)8-16/h5-8H,9H2,1-4H3,(H,15,17). The molecule has 1 rings (SSSR count). The molecule has 0 aliphatic heterocycles. The molecule has 0 saturated heterocycles. The normalized spacial score (nSPS) is 10.7. The molecule has 1 amide bonds. The summed E-state index contributed by atoms with van der Waals surface area (Å²) >= 11 is 0. The number of aldehydes is 1. The summed E-state index contributed by atoms with van der Waals surface area (Å²) in [6.07, 6.45) is 0.677. The van der Waals surface area contributed by atoms with Gasteiger partial charge in [0.05, 0.1) is 12.7 Å². The Kier molecular flexibility index (Phi) is 4.92. The number of hydrogen-bond donors (Lipinski definition) is 1. The van der Waals surface area contributed by atoms with E-state index in [1.807, 2.05) is 20.8 Å². The van der Waals surface area contributed by atoms with Crippen molar-refractivity contribution in [1.82, 2.24) is 5.32 Å². The molecule has 1 aromatic carbocycles. The van der Waals surface area contributed by atoms with E-state index in [0.717, 1.165) is 0 Å². The van der Waals surface area contributed by atoms with Crippen LogP contribution in [-0.2, 0) is 4.79 Å². The van der Waals surface area contributed by atoms with Crippen LogP contribution in [0.5, 0.6) is 11.5 Å². The largest absolute Gasteiger partial charge is 0.497 e. The van der Waals surface area contributed by atoms with E-state index in [1.54, 1.807) is 18.2 Å². The molecule has 0 bridgehead atoms. The number of nitrogens with one attached hydrogen (secondary N) is 1. The summed E-state index contributed by atoms with van der Waals surface area (Å²) in [7, 11) is 1.52.